The highest BCUT2D eigenvalue weighted by atomic mass is 16.5. The lowest BCUT2D eigenvalue weighted by atomic mass is 9.96. The van der Waals surface area contributed by atoms with Crippen LogP contribution in [0.15, 0.2) is 41.3 Å². The molecular weight excluding hydrogens is 458 g/mol. The molecule has 1 fully saturated rings. The monoisotopic (exact) mass is 489 g/mol. The Hall–Kier alpha value is -3.79. The van der Waals surface area contributed by atoms with E-state index in [1.807, 2.05) is 50.5 Å². The zero-order valence-corrected chi connectivity index (χ0v) is 21.3. The van der Waals surface area contributed by atoms with E-state index in [4.69, 9.17) is 9.26 Å². The van der Waals surface area contributed by atoms with Gasteiger partial charge in [0.05, 0.1) is 35.8 Å². The second kappa shape index (κ2) is 9.34. The van der Waals surface area contributed by atoms with Crippen LogP contribution in [0.4, 0.5) is 5.69 Å². The molecule has 0 aliphatic carbocycles. The number of aromatic nitrogens is 5. The summed E-state index contributed by atoms with van der Waals surface area (Å²) in [5, 5.41) is 11.2. The number of rotatable bonds is 5. The summed E-state index contributed by atoms with van der Waals surface area (Å²) >= 11 is 0. The maximum absolute atomic E-state index is 12.5. The molecule has 0 spiro atoms. The van der Waals surface area contributed by atoms with Gasteiger partial charge in [0.2, 0.25) is 0 Å². The number of hydrogen-bond donors (Lipinski definition) is 1. The SMILES string of the molecule is Cc1cc(-c2ncnn3cc(N4CCO[C@@H](C)C4)cc23)ccc1CNC(=O)c1nc(C(C)(C)C)no1. The van der Waals surface area contributed by atoms with Crippen LogP contribution in [-0.4, -0.2) is 56.4 Å². The standard InChI is InChI=1S/C26H31N7O3/c1-16-10-18(6-7-19(16)12-27-23(34)24-30-25(31-36-24)26(3,4)5)22-21-11-20(14-33(21)29-15-28-22)32-8-9-35-17(2)13-32/h6-7,10-11,14-15,17H,8-9,12-13H2,1-5H3,(H,27,34)/t17-/m0/s1. The second-order valence-electron chi connectivity index (χ2n) is 10.3. The number of carbonyl (C=O) groups excluding carboxylic acids is 1. The Morgan fingerprint density at radius 3 is 2.81 bits per heavy atom. The Morgan fingerprint density at radius 1 is 1.25 bits per heavy atom. The Balaban J connectivity index is 1.33. The van der Waals surface area contributed by atoms with Gasteiger partial charge in [-0.25, -0.2) is 9.50 Å². The minimum atomic E-state index is -0.392. The first-order valence-corrected chi connectivity index (χ1v) is 12.1. The van der Waals surface area contributed by atoms with Crippen molar-refractivity contribution in [1.29, 1.82) is 0 Å². The lowest BCUT2D eigenvalue weighted by Gasteiger charge is -2.31. The van der Waals surface area contributed by atoms with Gasteiger partial charge in [-0.2, -0.15) is 10.1 Å². The van der Waals surface area contributed by atoms with Crippen LogP contribution in [0.5, 0.6) is 0 Å². The molecule has 1 atom stereocenters. The number of amides is 1. The molecular formula is C26H31N7O3. The highest BCUT2D eigenvalue weighted by Crippen LogP contribution is 2.29. The molecule has 1 aliphatic rings. The van der Waals surface area contributed by atoms with Crippen molar-refractivity contribution in [1.82, 2.24) is 30.1 Å². The minimum Gasteiger partial charge on any atom is -0.375 e. The summed E-state index contributed by atoms with van der Waals surface area (Å²) in [4.78, 5) is 23.6. The molecule has 10 nitrogen and oxygen atoms in total. The highest BCUT2D eigenvalue weighted by molar-refractivity contribution is 5.89. The molecule has 1 aromatic carbocycles. The van der Waals surface area contributed by atoms with E-state index in [2.05, 4.69) is 49.5 Å². The van der Waals surface area contributed by atoms with Crippen LogP contribution < -0.4 is 10.2 Å². The lowest BCUT2D eigenvalue weighted by molar-refractivity contribution is 0.0532. The summed E-state index contributed by atoms with van der Waals surface area (Å²) < 4.78 is 12.7. The number of benzene rings is 1. The molecule has 0 saturated carbocycles. The maximum atomic E-state index is 12.5. The van der Waals surface area contributed by atoms with E-state index in [0.29, 0.717) is 19.0 Å². The van der Waals surface area contributed by atoms with Gasteiger partial charge in [0.15, 0.2) is 5.82 Å². The average Bonchev–Trinajstić information content (AvgIpc) is 3.51. The number of carbonyl (C=O) groups is 1. The lowest BCUT2D eigenvalue weighted by Crippen LogP contribution is -2.40. The molecule has 10 heteroatoms. The number of fused-ring (bicyclic) bond motifs is 1. The molecule has 4 heterocycles. The summed E-state index contributed by atoms with van der Waals surface area (Å²) in [7, 11) is 0. The van der Waals surface area contributed by atoms with Crippen LogP contribution in [0.2, 0.25) is 0 Å². The molecule has 3 aromatic heterocycles. The molecule has 0 radical (unpaired) electrons. The van der Waals surface area contributed by atoms with Crippen molar-refractivity contribution < 1.29 is 14.1 Å². The summed E-state index contributed by atoms with van der Waals surface area (Å²) in [6.45, 7) is 12.8. The number of ether oxygens (including phenoxy) is 1. The van der Waals surface area contributed by atoms with Crippen LogP contribution in [0, 0.1) is 6.92 Å². The molecule has 0 bridgehead atoms. The van der Waals surface area contributed by atoms with Gasteiger partial charge < -0.3 is 19.5 Å². The normalized spacial score (nSPS) is 16.5. The van der Waals surface area contributed by atoms with Crippen molar-refractivity contribution >= 4 is 17.1 Å². The Kier molecular flexibility index (Phi) is 6.21. The molecule has 5 rings (SSSR count). The Morgan fingerprint density at radius 2 is 2.08 bits per heavy atom. The van der Waals surface area contributed by atoms with Crippen molar-refractivity contribution in [3.8, 4) is 11.3 Å². The smallest absolute Gasteiger partial charge is 0.315 e. The number of hydrogen-bond acceptors (Lipinski definition) is 8. The van der Waals surface area contributed by atoms with E-state index in [1.165, 1.54) is 0 Å². The van der Waals surface area contributed by atoms with Crippen LogP contribution >= 0.6 is 0 Å². The molecule has 1 saturated heterocycles. The summed E-state index contributed by atoms with van der Waals surface area (Å²) in [5.74, 6) is 0.0782. The highest BCUT2D eigenvalue weighted by Gasteiger charge is 2.24. The minimum absolute atomic E-state index is 0.0312. The first-order chi connectivity index (χ1) is 17.2. The van der Waals surface area contributed by atoms with Crippen LogP contribution in [0.3, 0.4) is 0 Å². The Bertz CT molecular complexity index is 1400. The number of nitrogens with zero attached hydrogens (tertiary/aromatic N) is 6. The summed E-state index contributed by atoms with van der Waals surface area (Å²) in [5.41, 5.74) is 5.64. The predicted octanol–water partition coefficient (Wildman–Crippen LogP) is 3.54. The van der Waals surface area contributed by atoms with E-state index in [0.717, 1.165) is 46.7 Å². The largest absolute Gasteiger partial charge is 0.375 e. The quantitative estimate of drug-likeness (QED) is 0.453. The summed E-state index contributed by atoms with van der Waals surface area (Å²) in [6.07, 6.45) is 3.81. The van der Waals surface area contributed by atoms with Gasteiger partial charge in [-0.3, -0.25) is 4.79 Å². The molecule has 1 aliphatic heterocycles. The van der Waals surface area contributed by atoms with Gasteiger partial charge in [-0.05, 0) is 37.1 Å². The van der Waals surface area contributed by atoms with E-state index in [9.17, 15) is 4.79 Å². The van der Waals surface area contributed by atoms with E-state index >= 15 is 0 Å². The zero-order valence-electron chi connectivity index (χ0n) is 21.3. The molecule has 0 unspecified atom stereocenters. The van der Waals surface area contributed by atoms with Crippen molar-refractivity contribution in [2.24, 2.45) is 0 Å². The zero-order chi connectivity index (χ0) is 25.4. The van der Waals surface area contributed by atoms with E-state index < -0.39 is 5.91 Å². The van der Waals surface area contributed by atoms with E-state index in [1.54, 1.807) is 6.33 Å². The van der Waals surface area contributed by atoms with Crippen molar-refractivity contribution in [3.05, 3.63) is 59.6 Å². The number of nitrogens with one attached hydrogen (secondary N) is 1. The Labute approximate surface area is 209 Å². The van der Waals surface area contributed by atoms with Crippen molar-refractivity contribution in [3.63, 3.8) is 0 Å². The predicted molar refractivity (Wildman–Crippen MR) is 135 cm³/mol. The maximum Gasteiger partial charge on any atom is 0.315 e. The molecule has 188 valence electrons. The fourth-order valence-electron chi connectivity index (χ4n) is 4.28. The molecule has 1 amide bonds. The van der Waals surface area contributed by atoms with Crippen molar-refractivity contribution in [2.75, 3.05) is 24.6 Å². The van der Waals surface area contributed by atoms with Gasteiger partial charge >= 0.3 is 11.8 Å². The first kappa shape index (κ1) is 23.9. The fraction of sp³-hybridized carbons (Fsp3) is 0.423. The second-order valence-corrected chi connectivity index (χ2v) is 10.3. The summed E-state index contributed by atoms with van der Waals surface area (Å²) in [6, 6.07) is 8.24. The first-order valence-electron chi connectivity index (χ1n) is 12.1. The fourth-order valence-corrected chi connectivity index (χ4v) is 4.28. The van der Waals surface area contributed by atoms with Gasteiger partial charge in [-0.1, -0.05) is 38.1 Å². The van der Waals surface area contributed by atoms with Crippen LogP contribution in [0.25, 0.3) is 16.8 Å². The van der Waals surface area contributed by atoms with Crippen molar-refractivity contribution in [2.45, 2.75) is 52.7 Å². The average molecular weight is 490 g/mol. The molecule has 36 heavy (non-hydrogen) atoms. The topological polar surface area (TPSA) is 111 Å². The van der Waals surface area contributed by atoms with Crippen LogP contribution in [0.1, 0.15) is 55.3 Å². The molecule has 1 N–H and O–H groups in total. The third-order valence-electron chi connectivity index (χ3n) is 6.34. The molecule has 4 aromatic rings. The van der Waals surface area contributed by atoms with Gasteiger partial charge in [0.25, 0.3) is 0 Å². The number of anilines is 1. The number of morpholine rings is 1. The van der Waals surface area contributed by atoms with Gasteiger partial charge in [0.1, 0.15) is 6.33 Å². The third-order valence-corrected chi connectivity index (χ3v) is 6.34. The van der Waals surface area contributed by atoms with Crippen LogP contribution in [-0.2, 0) is 16.7 Å². The van der Waals surface area contributed by atoms with Gasteiger partial charge in [0, 0.05) is 30.6 Å². The third kappa shape index (κ3) is 4.81. The number of aryl methyl sites for hydroxylation is 1. The van der Waals surface area contributed by atoms with Gasteiger partial charge in [-0.15, -0.1) is 0 Å². The van der Waals surface area contributed by atoms with E-state index in [-0.39, 0.29) is 17.4 Å².